The van der Waals surface area contributed by atoms with E-state index in [1.165, 1.54) is 5.56 Å². The number of hydrogen-bond donors (Lipinski definition) is 2. The molecule has 6 nitrogen and oxygen atoms in total. The maximum absolute atomic E-state index is 12.7. The summed E-state index contributed by atoms with van der Waals surface area (Å²) in [6, 6.07) is 10.8. The van der Waals surface area contributed by atoms with E-state index in [2.05, 4.69) is 39.4 Å². The number of benzene rings is 1. The van der Waals surface area contributed by atoms with Gasteiger partial charge in [0.15, 0.2) is 0 Å². The summed E-state index contributed by atoms with van der Waals surface area (Å²) in [5.41, 5.74) is 2.47. The molecule has 0 spiro atoms. The molecule has 0 saturated carbocycles. The Balaban J connectivity index is 1.49. The van der Waals surface area contributed by atoms with Crippen molar-refractivity contribution in [2.75, 3.05) is 26.7 Å². The number of aromatic nitrogens is 2. The molecule has 0 bridgehead atoms. The third-order valence-corrected chi connectivity index (χ3v) is 5.62. The smallest absolute Gasteiger partial charge is 0.267 e. The number of likely N-dealkylation sites (N-methyl/N-ethyl adjacent to an activating group) is 1. The van der Waals surface area contributed by atoms with Crippen molar-refractivity contribution in [2.45, 2.75) is 45.1 Å². The van der Waals surface area contributed by atoms with Gasteiger partial charge in [-0.3, -0.25) is 14.7 Å². The van der Waals surface area contributed by atoms with E-state index >= 15 is 0 Å². The third kappa shape index (κ3) is 5.10. The van der Waals surface area contributed by atoms with Crippen LogP contribution in [-0.2, 0) is 17.6 Å². The zero-order valence-corrected chi connectivity index (χ0v) is 16.3. The molecule has 1 unspecified atom stereocenters. The van der Waals surface area contributed by atoms with Crippen molar-refractivity contribution in [2.24, 2.45) is 0 Å². The average molecular weight is 370 g/mol. The predicted octanol–water partition coefficient (Wildman–Crippen LogP) is 2.11. The molecular formula is C21H30N4O2. The number of hydrogen-bond acceptors (Lipinski definition) is 3. The van der Waals surface area contributed by atoms with Crippen LogP contribution in [0.2, 0.25) is 0 Å². The number of carbonyl (C=O) groups is 1. The Kier molecular flexibility index (Phi) is 6.50. The largest absolute Gasteiger partial charge is 0.341 e. The first-order valence-corrected chi connectivity index (χ1v) is 9.82. The number of nitrogens with zero attached hydrogens (tertiary/aromatic N) is 2. The molecule has 1 fully saturated rings. The van der Waals surface area contributed by atoms with Crippen LogP contribution in [0.4, 0.5) is 0 Å². The summed E-state index contributed by atoms with van der Waals surface area (Å²) >= 11 is 0. The van der Waals surface area contributed by atoms with E-state index in [0.29, 0.717) is 5.56 Å². The Morgan fingerprint density at radius 2 is 2.04 bits per heavy atom. The molecule has 1 amide bonds. The van der Waals surface area contributed by atoms with Gasteiger partial charge >= 0.3 is 0 Å². The Morgan fingerprint density at radius 1 is 1.26 bits per heavy atom. The van der Waals surface area contributed by atoms with Gasteiger partial charge < -0.3 is 14.9 Å². The summed E-state index contributed by atoms with van der Waals surface area (Å²) in [7, 11) is 1.87. The fourth-order valence-corrected chi connectivity index (χ4v) is 3.87. The lowest BCUT2D eigenvalue weighted by Gasteiger charge is -2.37. The summed E-state index contributed by atoms with van der Waals surface area (Å²) in [5.74, 6) is 0.0133. The lowest BCUT2D eigenvalue weighted by atomic mass is 10.0. The fourth-order valence-electron chi connectivity index (χ4n) is 3.87. The van der Waals surface area contributed by atoms with Gasteiger partial charge in [-0.1, -0.05) is 30.3 Å². The first-order valence-electron chi connectivity index (χ1n) is 9.82. The van der Waals surface area contributed by atoms with Gasteiger partial charge in [-0.15, -0.1) is 0 Å². The minimum absolute atomic E-state index is 0.0133. The number of amides is 1. The molecule has 2 heterocycles. The first kappa shape index (κ1) is 19.4. The second-order valence-electron chi connectivity index (χ2n) is 7.55. The van der Waals surface area contributed by atoms with Crippen LogP contribution < -0.4 is 5.56 Å². The molecule has 27 heavy (non-hydrogen) atoms. The molecular weight excluding hydrogens is 340 g/mol. The number of nitrogens with one attached hydrogen (secondary N) is 2. The summed E-state index contributed by atoms with van der Waals surface area (Å²) < 4.78 is 0. The highest BCUT2D eigenvalue weighted by molar-refractivity contribution is 5.79. The summed E-state index contributed by atoms with van der Waals surface area (Å²) in [6.45, 7) is 4.89. The van der Waals surface area contributed by atoms with Crippen LogP contribution in [0.3, 0.4) is 0 Å². The molecule has 6 heteroatoms. The van der Waals surface area contributed by atoms with Gasteiger partial charge in [-0.2, -0.15) is 0 Å². The van der Waals surface area contributed by atoms with Gasteiger partial charge in [0.2, 0.25) is 5.91 Å². The van der Waals surface area contributed by atoms with Crippen molar-refractivity contribution in [1.82, 2.24) is 20.0 Å². The number of carbonyl (C=O) groups excluding carboxylic acids is 1. The SMILES string of the molecule is Cc1[nH][nH]c(=O)c1CC(=O)N(C)C1CCCN(CCCc2ccccc2)C1. The highest BCUT2D eigenvalue weighted by atomic mass is 16.2. The lowest BCUT2D eigenvalue weighted by molar-refractivity contribution is -0.132. The molecule has 1 aromatic carbocycles. The predicted molar refractivity (Wildman–Crippen MR) is 107 cm³/mol. The minimum Gasteiger partial charge on any atom is -0.341 e. The number of likely N-dealkylation sites (tertiary alicyclic amines) is 1. The van der Waals surface area contributed by atoms with E-state index < -0.39 is 0 Å². The molecule has 1 atom stereocenters. The second kappa shape index (κ2) is 9.04. The van der Waals surface area contributed by atoms with Gasteiger partial charge in [0, 0.05) is 30.9 Å². The van der Waals surface area contributed by atoms with Crippen molar-refractivity contribution in [1.29, 1.82) is 0 Å². The Hall–Kier alpha value is -2.34. The van der Waals surface area contributed by atoms with Crippen molar-refractivity contribution in [3.8, 4) is 0 Å². The molecule has 146 valence electrons. The van der Waals surface area contributed by atoms with E-state index in [0.717, 1.165) is 51.0 Å². The Bertz CT molecular complexity index is 796. The van der Waals surface area contributed by atoms with Crippen molar-refractivity contribution in [3.05, 3.63) is 57.5 Å². The monoisotopic (exact) mass is 370 g/mol. The third-order valence-electron chi connectivity index (χ3n) is 5.62. The minimum atomic E-state index is -0.194. The molecule has 3 rings (SSSR count). The second-order valence-corrected chi connectivity index (χ2v) is 7.55. The molecule has 1 aliphatic heterocycles. The maximum atomic E-state index is 12.7. The van der Waals surface area contributed by atoms with Crippen LogP contribution in [0.15, 0.2) is 35.1 Å². The zero-order valence-electron chi connectivity index (χ0n) is 16.3. The fraction of sp³-hybridized carbons (Fsp3) is 0.524. The summed E-state index contributed by atoms with van der Waals surface area (Å²) in [4.78, 5) is 28.8. The highest BCUT2D eigenvalue weighted by Gasteiger charge is 2.26. The van der Waals surface area contributed by atoms with Crippen molar-refractivity contribution >= 4 is 5.91 Å². The lowest BCUT2D eigenvalue weighted by Crippen LogP contribution is -2.49. The quantitative estimate of drug-likeness (QED) is 0.784. The van der Waals surface area contributed by atoms with E-state index in [1.54, 1.807) is 0 Å². The van der Waals surface area contributed by atoms with Gasteiger partial charge in [0.05, 0.1) is 6.42 Å². The maximum Gasteiger partial charge on any atom is 0.267 e. The Labute approximate surface area is 160 Å². The number of H-pyrrole nitrogens is 2. The Morgan fingerprint density at radius 3 is 2.74 bits per heavy atom. The van der Waals surface area contributed by atoms with Crippen molar-refractivity contribution in [3.63, 3.8) is 0 Å². The summed E-state index contributed by atoms with van der Waals surface area (Å²) in [6.07, 6.45) is 4.52. The van der Waals surface area contributed by atoms with Crippen LogP contribution in [0, 0.1) is 6.92 Å². The summed E-state index contributed by atoms with van der Waals surface area (Å²) in [5, 5.41) is 5.33. The molecule has 0 aliphatic carbocycles. The topological polar surface area (TPSA) is 72.2 Å². The van der Waals surface area contributed by atoms with Crippen LogP contribution in [-0.4, -0.2) is 58.6 Å². The molecule has 1 aliphatic rings. The number of piperidine rings is 1. The average Bonchev–Trinajstić information content (AvgIpc) is 3.00. The first-order chi connectivity index (χ1) is 13.0. The molecule has 2 aromatic rings. The molecule has 0 radical (unpaired) electrons. The van der Waals surface area contributed by atoms with Gasteiger partial charge in [-0.25, -0.2) is 0 Å². The van der Waals surface area contributed by atoms with E-state index in [-0.39, 0.29) is 23.9 Å². The van der Waals surface area contributed by atoms with Gasteiger partial charge in [-0.05, 0) is 51.3 Å². The number of aromatic amines is 2. The number of aryl methyl sites for hydroxylation is 2. The zero-order chi connectivity index (χ0) is 19.2. The van der Waals surface area contributed by atoms with Crippen LogP contribution >= 0.6 is 0 Å². The van der Waals surface area contributed by atoms with Crippen LogP contribution in [0.5, 0.6) is 0 Å². The van der Waals surface area contributed by atoms with Gasteiger partial charge in [0.25, 0.3) is 5.56 Å². The van der Waals surface area contributed by atoms with Crippen LogP contribution in [0.25, 0.3) is 0 Å². The molecule has 1 aromatic heterocycles. The highest BCUT2D eigenvalue weighted by Crippen LogP contribution is 2.17. The molecule has 2 N–H and O–H groups in total. The molecule has 1 saturated heterocycles. The van der Waals surface area contributed by atoms with E-state index in [1.807, 2.05) is 24.9 Å². The normalized spacial score (nSPS) is 17.8. The van der Waals surface area contributed by atoms with Gasteiger partial charge in [0.1, 0.15) is 0 Å². The van der Waals surface area contributed by atoms with E-state index in [4.69, 9.17) is 0 Å². The standard InChI is InChI=1S/C21H30N4O2/c1-16-19(21(27)23-22-16)14-20(26)24(2)18-11-7-13-25(15-18)12-6-10-17-8-4-3-5-9-17/h3-5,8-9,18H,6-7,10-15H2,1-2H3,(H2,22,23,27). The number of rotatable bonds is 7. The van der Waals surface area contributed by atoms with E-state index in [9.17, 15) is 9.59 Å². The van der Waals surface area contributed by atoms with Crippen molar-refractivity contribution < 1.29 is 4.79 Å². The van der Waals surface area contributed by atoms with Crippen LogP contribution in [0.1, 0.15) is 36.1 Å².